The van der Waals surface area contributed by atoms with Crippen LogP contribution in [-0.2, 0) is 11.2 Å². The average Bonchev–Trinajstić information content (AvgIpc) is 2.78. The summed E-state index contributed by atoms with van der Waals surface area (Å²) in [6.07, 6.45) is 1.90. The van der Waals surface area contributed by atoms with Crippen molar-refractivity contribution in [3.05, 3.63) is 52.2 Å². The number of nitro benzene ring substituents is 1. The molecule has 0 fully saturated rings. The van der Waals surface area contributed by atoms with Gasteiger partial charge in [-0.05, 0) is 29.3 Å². The zero-order valence-electron chi connectivity index (χ0n) is 9.79. The van der Waals surface area contributed by atoms with Crippen molar-refractivity contribution in [2.75, 3.05) is 5.32 Å². The van der Waals surface area contributed by atoms with Crippen molar-refractivity contribution in [1.82, 2.24) is 4.98 Å². The summed E-state index contributed by atoms with van der Waals surface area (Å²) in [7, 11) is 0. The maximum atomic E-state index is 11.4. The van der Waals surface area contributed by atoms with Crippen molar-refractivity contribution in [2.45, 2.75) is 6.42 Å². The van der Waals surface area contributed by atoms with Crippen molar-refractivity contribution >= 4 is 17.4 Å². The van der Waals surface area contributed by atoms with Crippen molar-refractivity contribution < 1.29 is 9.72 Å². The predicted molar refractivity (Wildman–Crippen MR) is 68.7 cm³/mol. The van der Waals surface area contributed by atoms with Gasteiger partial charge < -0.3 is 5.32 Å². The Balaban J connectivity index is 2.06. The van der Waals surface area contributed by atoms with E-state index in [4.69, 9.17) is 0 Å². The lowest BCUT2D eigenvalue weighted by atomic mass is 10.00. The summed E-state index contributed by atoms with van der Waals surface area (Å²) in [5, 5.41) is 13.3. The lowest BCUT2D eigenvalue weighted by molar-refractivity contribution is -0.384. The minimum atomic E-state index is -0.439. The number of fused-ring (bicyclic) bond motifs is 1. The minimum Gasteiger partial charge on any atom is -0.310 e. The number of nitrogens with one attached hydrogen (secondary N) is 1. The highest BCUT2D eigenvalue weighted by Crippen LogP contribution is 2.32. The molecule has 0 unspecified atom stereocenters. The maximum Gasteiger partial charge on any atom is 0.269 e. The largest absolute Gasteiger partial charge is 0.310 e. The molecule has 2 heterocycles. The molecule has 0 bridgehead atoms. The molecule has 6 nitrogen and oxygen atoms in total. The number of benzene rings is 1. The second-order valence-electron chi connectivity index (χ2n) is 4.21. The van der Waals surface area contributed by atoms with Crippen molar-refractivity contribution in [3.8, 4) is 11.1 Å². The Morgan fingerprint density at radius 2 is 1.95 bits per heavy atom. The summed E-state index contributed by atoms with van der Waals surface area (Å²) < 4.78 is 0. The van der Waals surface area contributed by atoms with Gasteiger partial charge >= 0.3 is 0 Å². The number of nitrogens with zero attached hydrogens (tertiary/aromatic N) is 2. The Morgan fingerprint density at radius 3 is 2.63 bits per heavy atom. The molecule has 0 saturated carbocycles. The van der Waals surface area contributed by atoms with E-state index < -0.39 is 4.92 Å². The van der Waals surface area contributed by atoms with Crippen LogP contribution in [0.1, 0.15) is 5.56 Å². The molecule has 1 aromatic heterocycles. The van der Waals surface area contributed by atoms with Gasteiger partial charge in [-0.15, -0.1) is 0 Å². The van der Waals surface area contributed by atoms with Crippen molar-refractivity contribution in [3.63, 3.8) is 0 Å². The number of aromatic nitrogens is 1. The number of non-ortho nitro benzene ring substituents is 1. The quantitative estimate of drug-likeness (QED) is 0.658. The van der Waals surface area contributed by atoms with Gasteiger partial charge in [0.15, 0.2) is 0 Å². The second-order valence-corrected chi connectivity index (χ2v) is 4.21. The number of rotatable bonds is 2. The van der Waals surface area contributed by atoms with Gasteiger partial charge in [-0.3, -0.25) is 14.9 Å². The van der Waals surface area contributed by atoms with Crippen LogP contribution in [0.4, 0.5) is 11.5 Å². The fourth-order valence-electron chi connectivity index (χ4n) is 2.15. The molecule has 0 spiro atoms. The molecule has 94 valence electrons. The molecule has 1 amide bonds. The summed E-state index contributed by atoms with van der Waals surface area (Å²) in [6.45, 7) is 0. The lowest BCUT2D eigenvalue weighted by Crippen LogP contribution is -2.04. The van der Waals surface area contributed by atoms with Crippen LogP contribution in [0.5, 0.6) is 0 Å². The first-order valence-electron chi connectivity index (χ1n) is 5.68. The van der Waals surface area contributed by atoms with E-state index in [1.54, 1.807) is 24.4 Å². The van der Waals surface area contributed by atoms with Crippen LogP contribution in [0.15, 0.2) is 36.5 Å². The Kier molecular flexibility index (Phi) is 2.49. The SMILES string of the molecule is O=C1Cc2c(-c3ccc([N+](=O)[O-])cc3)ccnc2N1. The fourth-order valence-corrected chi connectivity index (χ4v) is 2.15. The van der Waals surface area contributed by atoms with E-state index in [1.165, 1.54) is 12.1 Å². The third-order valence-electron chi connectivity index (χ3n) is 3.04. The summed E-state index contributed by atoms with van der Waals surface area (Å²) >= 11 is 0. The first-order valence-corrected chi connectivity index (χ1v) is 5.68. The number of carbonyl (C=O) groups excluding carboxylic acids is 1. The summed E-state index contributed by atoms with van der Waals surface area (Å²) in [5.74, 6) is 0.484. The number of hydrogen-bond donors (Lipinski definition) is 1. The second kappa shape index (κ2) is 4.16. The molecule has 2 aromatic rings. The number of anilines is 1. The van der Waals surface area contributed by atoms with Crippen LogP contribution in [0.3, 0.4) is 0 Å². The van der Waals surface area contributed by atoms with Crippen LogP contribution < -0.4 is 5.32 Å². The topological polar surface area (TPSA) is 85.1 Å². The molecule has 19 heavy (non-hydrogen) atoms. The van der Waals surface area contributed by atoms with Crippen molar-refractivity contribution in [1.29, 1.82) is 0 Å². The van der Waals surface area contributed by atoms with Crippen molar-refractivity contribution in [2.24, 2.45) is 0 Å². The highest BCUT2D eigenvalue weighted by Gasteiger charge is 2.22. The van der Waals surface area contributed by atoms with E-state index in [9.17, 15) is 14.9 Å². The van der Waals surface area contributed by atoms with Crippen LogP contribution in [-0.4, -0.2) is 15.8 Å². The van der Waals surface area contributed by atoms with Gasteiger partial charge in [0.1, 0.15) is 5.82 Å². The molecule has 0 aliphatic carbocycles. The fraction of sp³-hybridized carbons (Fsp3) is 0.0769. The van der Waals surface area contributed by atoms with Gasteiger partial charge in [-0.25, -0.2) is 4.98 Å². The number of carbonyl (C=O) groups is 1. The predicted octanol–water partition coefficient (Wildman–Crippen LogP) is 2.15. The van der Waals surface area contributed by atoms with Gasteiger partial charge in [0.25, 0.3) is 5.69 Å². The first-order chi connectivity index (χ1) is 9.15. The van der Waals surface area contributed by atoms with Crippen LogP contribution >= 0.6 is 0 Å². The Morgan fingerprint density at radius 1 is 1.21 bits per heavy atom. The van der Waals surface area contributed by atoms with Gasteiger partial charge in [-0.2, -0.15) is 0 Å². The Bertz CT molecular complexity index is 680. The third kappa shape index (κ3) is 1.93. The number of amides is 1. The molecule has 1 N–H and O–H groups in total. The summed E-state index contributed by atoms with van der Waals surface area (Å²) in [6, 6.07) is 8.06. The van der Waals surface area contributed by atoms with Gasteiger partial charge in [0, 0.05) is 23.9 Å². The normalized spacial score (nSPS) is 12.9. The summed E-state index contributed by atoms with van der Waals surface area (Å²) in [4.78, 5) is 25.7. The number of nitro groups is 1. The van der Waals surface area contributed by atoms with Gasteiger partial charge in [0.05, 0.1) is 11.3 Å². The van der Waals surface area contributed by atoms with Gasteiger partial charge in [0.2, 0.25) is 5.91 Å². The zero-order chi connectivity index (χ0) is 13.4. The molecule has 6 heteroatoms. The molecule has 1 aliphatic heterocycles. The lowest BCUT2D eigenvalue weighted by Gasteiger charge is -2.06. The van der Waals surface area contributed by atoms with E-state index in [1.807, 2.05) is 0 Å². The van der Waals surface area contributed by atoms with Crippen LogP contribution in [0.2, 0.25) is 0 Å². The molecule has 0 atom stereocenters. The third-order valence-corrected chi connectivity index (χ3v) is 3.04. The van der Waals surface area contributed by atoms with E-state index in [0.717, 1.165) is 16.7 Å². The summed E-state index contributed by atoms with van der Waals surface area (Å²) in [5.41, 5.74) is 2.59. The average molecular weight is 255 g/mol. The molecule has 0 saturated heterocycles. The number of pyridine rings is 1. The minimum absolute atomic E-state index is 0.0450. The van der Waals surface area contributed by atoms with Gasteiger partial charge in [-0.1, -0.05) is 0 Å². The van der Waals surface area contributed by atoms with E-state index in [-0.39, 0.29) is 18.0 Å². The molecule has 1 aliphatic rings. The monoisotopic (exact) mass is 255 g/mol. The first kappa shape index (κ1) is 11.3. The van der Waals surface area contributed by atoms with Crippen LogP contribution in [0.25, 0.3) is 11.1 Å². The Hall–Kier alpha value is -2.76. The van der Waals surface area contributed by atoms with E-state index in [0.29, 0.717) is 5.82 Å². The molecular formula is C13H9N3O3. The molecule has 1 aromatic carbocycles. The van der Waals surface area contributed by atoms with E-state index >= 15 is 0 Å². The highest BCUT2D eigenvalue weighted by atomic mass is 16.6. The smallest absolute Gasteiger partial charge is 0.269 e. The molecular weight excluding hydrogens is 246 g/mol. The standard InChI is InChI=1S/C13H9N3O3/c17-12-7-11-10(5-6-14-13(11)15-12)8-1-3-9(4-2-8)16(18)19/h1-6H,7H2,(H,14,15,17). The number of hydrogen-bond acceptors (Lipinski definition) is 4. The highest BCUT2D eigenvalue weighted by molar-refractivity contribution is 6.00. The maximum absolute atomic E-state index is 11.4. The zero-order valence-corrected chi connectivity index (χ0v) is 9.79. The Labute approximate surface area is 108 Å². The van der Waals surface area contributed by atoms with E-state index in [2.05, 4.69) is 10.3 Å². The van der Waals surface area contributed by atoms with Crippen LogP contribution in [0, 0.1) is 10.1 Å². The molecule has 0 radical (unpaired) electrons. The molecule has 3 rings (SSSR count).